The van der Waals surface area contributed by atoms with Gasteiger partial charge >= 0.3 is 0 Å². The zero-order valence-electron chi connectivity index (χ0n) is 14.2. The number of carbonyl (C=O) groups excluding carboxylic acids is 1. The zero-order chi connectivity index (χ0) is 17.1. The van der Waals surface area contributed by atoms with E-state index in [1.807, 2.05) is 30.0 Å². The van der Waals surface area contributed by atoms with Gasteiger partial charge in [-0.25, -0.2) is 0 Å². The minimum absolute atomic E-state index is 0.0369. The van der Waals surface area contributed by atoms with E-state index in [-0.39, 0.29) is 11.9 Å². The quantitative estimate of drug-likeness (QED) is 0.850. The van der Waals surface area contributed by atoms with Crippen molar-refractivity contribution >= 4 is 17.4 Å². The van der Waals surface area contributed by atoms with Gasteiger partial charge in [0, 0.05) is 25.2 Å². The van der Waals surface area contributed by atoms with Crippen LogP contribution in [0.15, 0.2) is 24.3 Å². The summed E-state index contributed by atoms with van der Waals surface area (Å²) in [6.45, 7) is 4.16. The molecule has 3 rings (SSSR count). The number of ether oxygens (including phenoxy) is 1. The van der Waals surface area contributed by atoms with Gasteiger partial charge in [-0.05, 0) is 31.1 Å². The van der Waals surface area contributed by atoms with Crippen molar-refractivity contribution in [3.05, 3.63) is 40.4 Å². The number of benzene rings is 1. The first kappa shape index (κ1) is 16.9. The highest BCUT2D eigenvalue weighted by Gasteiger charge is 2.32. The third-order valence-electron chi connectivity index (χ3n) is 4.52. The third kappa shape index (κ3) is 3.14. The maximum atomic E-state index is 12.9. The van der Waals surface area contributed by atoms with E-state index in [2.05, 4.69) is 27.6 Å². The van der Waals surface area contributed by atoms with Gasteiger partial charge in [-0.1, -0.05) is 29.6 Å². The molecule has 1 saturated heterocycles. The Hall–Kier alpha value is -1.99. The molecular weight excluding hydrogens is 324 g/mol. The number of nitrogens with zero attached hydrogens (tertiary/aromatic N) is 4. The Balaban J connectivity index is 1.84. The molecule has 1 atom stereocenters. The summed E-state index contributed by atoms with van der Waals surface area (Å²) in [4.78, 5) is 17.7. The molecule has 0 aliphatic carbocycles. The van der Waals surface area contributed by atoms with Crippen molar-refractivity contribution in [3.63, 3.8) is 0 Å². The van der Waals surface area contributed by atoms with E-state index < -0.39 is 0 Å². The number of rotatable bonds is 4. The second-order valence-corrected chi connectivity index (χ2v) is 6.65. The van der Waals surface area contributed by atoms with Crippen LogP contribution in [0.4, 0.5) is 0 Å². The van der Waals surface area contributed by atoms with Gasteiger partial charge < -0.3 is 9.64 Å². The number of hydrogen-bond acceptors (Lipinski definition) is 6. The van der Waals surface area contributed by atoms with Crippen molar-refractivity contribution in [3.8, 4) is 5.75 Å². The smallest absolute Gasteiger partial charge is 0.267 e. The van der Waals surface area contributed by atoms with E-state index in [1.165, 1.54) is 11.5 Å². The number of hydrogen-bond donors (Lipinski definition) is 0. The van der Waals surface area contributed by atoms with Gasteiger partial charge in [0.2, 0.25) is 0 Å². The average Bonchev–Trinajstić information content (AvgIpc) is 3.10. The average molecular weight is 346 g/mol. The molecule has 0 saturated carbocycles. The molecule has 2 heterocycles. The van der Waals surface area contributed by atoms with Gasteiger partial charge in [-0.15, -0.1) is 5.10 Å². The summed E-state index contributed by atoms with van der Waals surface area (Å²) in [6, 6.07) is 8.12. The molecule has 1 aliphatic rings. The van der Waals surface area contributed by atoms with Crippen molar-refractivity contribution in [2.24, 2.45) is 0 Å². The maximum Gasteiger partial charge on any atom is 0.267 e. The monoisotopic (exact) mass is 346 g/mol. The van der Waals surface area contributed by atoms with E-state index in [0.717, 1.165) is 30.0 Å². The van der Waals surface area contributed by atoms with E-state index in [4.69, 9.17) is 4.74 Å². The number of piperazine rings is 1. The zero-order valence-corrected chi connectivity index (χ0v) is 15.0. The Bertz CT molecular complexity index is 718. The number of aryl methyl sites for hydroxylation is 1. The molecular formula is C17H22N4O2S. The van der Waals surface area contributed by atoms with Crippen LogP contribution in [0.25, 0.3) is 0 Å². The van der Waals surface area contributed by atoms with Crippen molar-refractivity contribution in [2.45, 2.75) is 19.4 Å². The number of likely N-dealkylation sites (N-methyl/N-ethyl adjacent to an activating group) is 1. The Labute approximate surface area is 146 Å². The fourth-order valence-electron chi connectivity index (χ4n) is 3.08. The molecule has 1 fully saturated rings. The number of methoxy groups -OCH3 is 1. The fourth-order valence-corrected chi connectivity index (χ4v) is 3.80. The molecule has 128 valence electrons. The van der Waals surface area contributed by atoms with Crippen LogP contribution in [0.2, 0.25) is 0 Å². The minimum Gasteiger partial charge on any atom is -0.496 e. The summed E-state index contributed by atoms with van der Waals surface area (Å²) >= 11 is 1.19. The second-order valence-electron chi connectivity index (χ2n) is 5.89. The standard InChI is InChI=1S/C17H22N4O2S/c1-4-13-16(24-19-18-13)17(22)21-10-9-20(2)14(11-21)12-7-5-6-8-15(12)23-3/h5-8,14H,4,9-11H2,1-3H3. The molecule has 1 amide bonds. The summed E-state index contributed by atoms with van der Waals surface area (Å²) in [7, 11) is 3.77. The van der Waals surface area contributed by atoms with Gasteiger partial charge in [0.25, 0.3) is 5.91 Å². The lowest BCUT2D eigenvalue weighted by molar-refractivity contribution is 0.0545. The molecule has 1 aliphatic heterocycles. The molecule has 0 radical (unpaired) electrons. The Morgan fingerprint density at radius 1 is 1.38 bits per heavy atom. The van der Waals surface area contributed by atoms with Crippen molar-refractivity contribution in [1.29, 1.82) is 0 Å². The summed E-state index contributed by atoms with van der Waals surface area (Å²) < 4.78 is 9.45. The van der Waals surface area contributed by atoms with Crippen LogP contribution in [0.3, 0.4) is 0 Å². The van der Waals surface area contributed by atoms with Crippen LogP contribution in [-0.4, -0.2) is 59.1 Å². The van der Waals surface area contributed by atoms with Crippen LogP contribution in [-0.2, 0) is 6.42 Å². The van der Waals surface area contributed by atoms with E-state index >= 15 is 0 Å². The maximum absolute atomic E-state index is 12.9. The fraction of sp³-hybridized carbons (Fsp3) is 0.471. The summed E-state index contributed by atoms with van der Waals surface area (Å²) in [6.07, 6.45) is 0.723. The first-order chi connectivity index (χ1) is 11.7. The van der Waals surface area contributed by atoms with E-state index in [9.17, 15) is 4.79 Å². The van der Waals surface area contributed by atoms with E-state index in [0.29, 0.717) is 18.0 Å². The first-order valence-electron chi connectivity index (χ1n) is 8.09. The molecule has 2 aromatic rings. The lowest BCUT2D eigenvalue weighted by atomic mass is 10.0. The second kappa shape index (κ2) is 7.27. The molecule has 1 aromatic heterocycles. The predicted molar refractivity (Wildman–Crippen MR) is 93.6 cm³/mol. The highest BCUT2D eigenvalue weighted by molar-refractivity contribution is 7.08. The van der Waals surface area contributed by atoms with E-state index in [1.54, 1.807) is 7.11 Å². The van der Waals surface area contributed by atoms with Crippen molar-refractivity contribution in [2.75, 3.05) is 33.8 Å². The molecule has 24 heavy (non-hydrogen) atoms. The van der Waals surface area contributed by atoms with Gasteiger partial charge in [0.05, 0.1) is 18.8 Å². The van der Waals surface area contributed by atoms with Crippen LogP contribution < -0.4 is 4.74 Å². The summed E-state index contributed by atoms with van der Waals surface area (Å²) in [5.41, 5.74) is 1.90. The Morgan fingerprint density at radius 3 is 2.92 bits per heavy atom. The SMILES string of the molecule is CCc1nnsc1C(=O)N1CCN(C)C(c2ccccc2OC)C1. The van der Waals surface area contributed by atoms with Crippen LogP contribution >= 0.6 is 11.5 Å². The Morgan fingerprint density at radius 2 is 2.17 bits per heavy atom. The van der Waals surface area contributed by atoms with Crippen LogP contribution in [0.1, 0.15) is 33.9 Å². The Kier molecular flexibility index (Phi) is 5.11. The molecule has 0 spiro atoms. The highest BCUT2D eigenvalue weighted by Crippen LogP contribution is 2.31. The topological polar surface area (TPSA) is 58.6 Å². The normalized spacial score (nSPS) is 18.6. The van der Waals surface area contributed by atoms with Gasteiger partial charge in [0.1, 0.15) is 10.6 Å². The number of amides is 1. The van der Waals surface area contributed by atoms with Crippen LogP contribution in [0, 0.1) is 0 Å². The number of carbonyl (C=O) groups is 1. The van der Waals surface area contributed by atoms with Crippen molar-refractivity contribution < 1.29 is 9.53 Å². The molecule has 6 nitrogen and oxygen atoms in total. The lowest BCUT2D eigenvalue weighted by Gasteiger charge is -2.40. The summed E-state index contributed by atoms with van der Waals surface area (Å²) in [5, 5.41) is 4.06. The molecule has 1 unspecified atom stereocenters. The third-order valence-corrected chi connectivity index (χ3v) is 5.27. The van der Waals surface area contributed by atoms with Crippen molar-refractivity contribution in [1.82, 2.24) is 19.4 Å². The molecule has 7 heteroatoms. The van der Waals surface area contributed by atoms with Crippen LogP contribution in [0.5, 0.6) is 5.75 Å². The number of aromatic nitrogens is 2. The summed E-state index contributed by atoms with van der Waals surface area (Å²) in [5.74, 6) is 0.896. The minimum atomic E-state index is 0.0369. The first-order valence-corrected chi connectivity index (χ1v) is 8.86. The molecule has 0 bridgehead atoms. The number of para-hydroxylation sites is 1. The predicted octanol–water partition coefficient (Wildman–Crippen LogP) is 2.24. The highest BCUT2D eigenvalue weighted by atomic mass is 32.1. The van der Waals surface area contributed by atoms with Gasteiger partial charge in [-0.2, -0.15) is 0 Å². The largest absolute Gasteiger partial charge is 0.496 e. The molecule has 1 aromatic carbocycles. The van der Waals surface area contributed by atoms with Gasteiger partial charge in [0.15, 0.2) is 0 Å². The van der Waals surface area contributed by atoms with Gasteiger partial charge in [-0.3, -0.25) is 9.69 Å². The lowest BCUT2D eigenvalue weighted by Crippen LogP contribution is -2.49. The molecule has 0 N–H and O–H groups in total.